The Labute approximate surface area is 159 Å². The molecule has 7 heteroatoms. The van der Waals surface area contributed by atoms with Gasteiger partial charge in [-0.2, -0.15) is 13.2 Å². The highest BCUT2D eigenvalue weighted by Gasteiger charge is 2.35. The number of methoxy groups -OCH3 is 1. The molecule has 28 heavy (non-hydrogen) atoms. The molecule has 1 amide bonds. The second-order valence-corrected chi connectivity index (χ2v) is 6.18. The number of para-hydroxylation sites is 1. The van der Waals surface area contributed by atoms with Gasteiger partial charge < -0.3 is 14.5 Å². The van der Waals surface area contributed by atoms with Crippen molar-refractivity contribution in [1.82, 2.24) is 5.32 Å². The molecule has 3 rings (SSSR count). The Kier molecular flexibility index (Phi) is 5.44. The molecular weight excluding hydrogens is 371 g/mol. The van der Waals surface area contributed by atoms with E-state index in [1.165, 1.54) is 31.4 Å². The van der Waals surface area contributed by atoms with Crippen molar-refractivity contribution >= 4 is 22.4 Å². The highest BCUT2D eigenvalue weighted by molar-refractivity contribution is 5.96. The second kappa shape index (κ2) is 7.80. The minimum Gasteiger partial charge on any atom is -0.493 e. The molecule has 4 nitrogen and oxygen atoms in total. The van der Waals surface area contributed by atoms with Crippen LogP contribution in [0.3, 0.4) is 0 Å². The average Bonchev–Trinajstić information content (AvgIpc) is 3.10. The number of amides is 1. The van der Waals surface area contributed by atoms with Gasteiger partial charge in [-0.25, -0.2) is 0 Å². The monoisotopic (exact) mass is 389 g/mol. The average molecular weight is 389 g/mol. The van der Waals surface area contributed by atoms with Gasteiger partial charge >= 0.3 is 6.18 Å². The van der Waals surface area contributed by atoms with Crippen LogP contribution >= 0.6 is 0 Å². The van der Waals surface area contributed by atoms with Crippen molar-refractivity contribution in [3.63, 3.8) is 0 Å². The van der Waals surface area contributed by atoms with Crippen molar-refractivity contribution in [1.29, 1.82) is 0 Å². The first-order chi connectivity index (χ1) is 13.3. The molecule has 0 aliphatic carbocycles. The van der Waals surface area contributed by atoms with Crippen molar-refractivity contribution in [2.45, 2.75) is 19.1 Å². The summed E-state index contributed by atoms with van der Waals surface area (Å²) in [6.45, 7) is 1.63. The predicted octanol–water partition coefficient (Wildman–Crippen LogP) is 5.26. The Balaban J connectivity index is 1.84. The summed E-state index contributed by atoms with van der Waals surface area (Å²) >= 11 is 0. The smallest absolute Gasteiger partial charge is 0.417 e. The van der Waals surface area contributed by atoms with Gasteiger partial charge in [-0.15, -0.1) is 0 Å². The summed E-state index contributed by atoms with van der Waals surface area (Å²) in [7, 11) is 1.51. The number of carbonyl (C=O) groups excluding carboxylic acids is 1. The van der Waals surface area contributed by atoms with Crippen molar-refractivity contribution in [2.24, 2.45) is 0 Å². The van der Waals surface area contributed by atoms with Crippen molar-refractivity contribution in [3.05, 3.63) is 72.0 Å². The Morgan fingerprint density at radius 1 is 1.14 bits per heavy atom. The fraction of sp³-hybridized carbons (Fsp3) is 0.190. The number of rotatable bonds is 5. The minimum absolute atomic E-state index is 0.0775. The van der Waals surface area contributed by atoms with Crippen LogP contribution in [0, 0.1) is 0 Å². The topological polar surface area (TPSA) is 51.5 Å². The molecule has 0 spiro atoms. The fourth-order valence-electron chi connectivity index (χ4n) is 2.83. The van der Waals surface area contributed by atoms with Crippen LogP contribution in [-0.4, -0.2) is 19.2 Å². The number of benzene rings is 2. The molecule has 0 aliphatic heterocycles. The van der Waals surface area contributed by atoms with Gasteiger partial charge in [0.2, 0.25) is 5.91 Å². The second-order valence-electron chi connectivity index (χ2n) is 6.18. The van der Waals surface area contributed by atoms with Gasteiger partial charge in [-0.1, -0.05) is 42.5 Å². The molecule has 146 valence electrons. The summed E-state index contributed by atoms with van der Waals surface area (Å²) in [5, 5.41) is 3.29. The van der Waals surface area contributed by atoms with Crippen LogP contribution < -0.4 is 10.1 Å². The van der Waals surface area contributed by atoms with E-state index in [1.807, 2.05) is 6.07 Å². The molecule has 1 aromatic heterocycles. The standard InChI is InChI=1S/C21H18F3NO3/c1-13(18-11-15-9-6-10-17(27-2)20(15)28-18)25-19(26)12-16(21(22,23)24)14-7-4-3-5-8-14/h3-13H,1-2H3,(H,25,26)/b16-12-. The molecule has 0 radical (unpaired) electrons. The maximum atomic E-state index is 13.4. The van der Waals surface area contributed by atoms with Crippen molar-refractivity contribution in [2.75, 3.05) is 7.11 Å². The number of hydrogen-bond donors (Lipinski definition) is 1. The molecule has 1 N–H and O–H groups in total. The van der Waals surface area contributed by atoms with Crippen molar-refractivity contribution < 1.29 is 27.1 Å². The van der Waals surface area contributed by atoms with Gasteiger partial charge in [0, 0.05) is 11.5 Å². The lowest BCUT2D eigenvalue weighted by atomic mass is 10.0. The summed E-state index contributed by atoms with van der Waals surface area (Å²) < 4.78 is 51.1. The van der Waals surface area contributed by atoms with Gasteiger partial charge in [0.15, 0.2) is 11.3 Å². The van der Waals surface area contributed by atoms with Crippen LogP contribution in [0.1, 0.15) is 24.3 Å². The van der Waals surface area contributed by atoms with Crippen LogP contribution in [0.5, 0.6) is 5.75 Å². The maximum Gasteiger partial charge on any atom is 0.417 e. The largest absolute Gasteiger partial charge is 0.493 e. The summed E-state index contributed by atoms with van der Waals surface area (Å²) in [4.78, 5) is 12.2. The zero-order chi connectivity index (χ0) is 20.3. The zero-order valence-electron chi connectivity index (χ0n) is 15.2. The summed E-state index contributed by atoms with van der Waals surface area (Å²) in [5.41, 5.74) is -0.577. The van der Waals surface area contributed by atoms with E-state index in [0.29, 0.717) is 23.2 Å². The van der Waals surface area contributed by atoms with Crippen LogP contribution in [0.15, 0.2) is 65.1 Å². The summed E-state index contributed by atoms with van der Waals surface area (Å²) in [6.07, 6.45) is -4.09. The quantitative estimate of drug-likeness (QED) is 0.605. The molecule has 0 saturated carbocycles. The molecule has 1 heterocycles. The van der Waals surface area contributed by atoms with E-state index in [9.17, 15) is 18.0 Å². The Hall–Kier alpha value is -3.22. The molecule has 2 aromatic carbocycles. The van der Waals surface area contributed by atoms with Gasteiger partial charge in [-0.3, -0.25) is 4.79 Å². The zero-order valence-corrected chi connectivity index (χ0v) is 15.2. The van der Waals surface area contributed by atoms with Gasteiger partial charge in [0.1, 0.15) is 5.76 Å². The normalized spacial score (nSPS) is 13.4. The van der Waals surface area contributed by atoms with Crippen molar-refractivity contribution in [3.8, 4) is 5.75 Å². The van der Waals surface area contributed by atoms with E-state index in [4.69, 9.17) is 9.15 Å². The lowest BCUT2D eigenvalue weighted by Crippen LogP contribution is -2.26. The van der Waals surface area contributed by atoms with E-state index in [-0.39, 0.29) is 5.56 Å². The summed E-state index contributed by atoms with van der Waals surface area (Å²) in [6, 6.07) is 13.6. The molecule has 1 atom stereocenters. The molecular formula is C21H18F3NO3. The van der Waals surface area contributed by atoms with Crippen LogP contribution in [0.25, 0.3) is 16.5 Å². The number of allylic oxidation sites excluding steroid dienone is 1. The number of hydrogen-bond acceptors (Lipinski definition) is 3. The molecule has 0 fully saturated rings. The maximum absolute atomic E-state index is 13.4. The third-order valence-electron chi connectivity index (χ3n) is 4.20. The lowest BCUT2D eigenvalue weighted by molar-refractivity contribution is -0.117. The highest BCUT2D eigenvalue weighted by atomic mass is 19.4. The molecule has 0 bridgehead atoms. The summed E-state index contributed by atoms with van der Waals surface area (Å²) in [5.74, 6) is 0.0798. The Morgan fingerprint density at radius 3 is 2.50 bits per heavy atom. The number of nitrogens with one attached hydrogen (secondary N) is 1. The van der Waals surface area contributed by atoms with Crippen LogP contribution in [-0.2, 0) is 4.79 Å². The van der Waals surface area contributed by atoms with E-state index < -0.39 is 23.7 Å². The van der Waals surface area contributed by atoms with Gasteiger partial charge in [0.25, 0.3) is 0 Å². The first-order valence-corrected chi connectivity index (χ1v) is 8.51. The van der Waals surface area contributed by atoms with E-state index in [2.05, 4.69) is 5.32 Å². The number of furan rings is 1. The number of alkyl halides is 3. The third-order valence-corrected chi connectivity index (χ3v) is 4.20. The van der Waals surface area contributed by atoms with E-state index in [1.54, 1.807) is 31.2 Å². The first kappa shape index (κ1) is 19.5. The van der Waals surface area contributed by atoms with E-state index >= 15 is 0 Å². The molecule has 0 saturated heterocycles. The Morgan fingerprint density at radius 2 is 1.86 bits per heavy atom. The number of fused-ring (bicyclic) bond motifs is 1. The Bertz CT molecular complexity index is 1010. The van der Waals surface area contributed by atoms with E-state index in [0.717, 1.165) is 5.39 Å². The molecule has 0 aliphatic rings. The lowest BCUT2D eigenvalue weighted by Gasteiger charge is -2.14. The minimum atomic E-state index is -4.66. The number of halogens is 3. The fourth-order valence-corrected chi connectivity index (χ4v) is 2.83. The number of carbonyl (C=O) groups is 1. The SMILES string of the molecule is COc1cccc2cc(C(C)NC(=O)/C=C(/c3ccccc3)C(F)(F)F)oc12. The van der Waals surface area contributed by atoms with Gasteiger partial charge in [-0.05, 0) is 24.6 Å². The van der Waals surface area contributed by atoms with Crippen LogP contribution in [0.2, 0.25) is 0 Å². The number of ether oxygens (including phenoxy) is 1. The molecule has 1 unspecified atom stereocenters. The molecule has 3 aromatic rings. The van der Waals surface area contributed by atoms with Crippen LogP contribution in [0.4, 0.5) is 13.2 Å². The first-order valence-electron chi connectivity index (χ1n) is 8.51. The third kappa shape index (κ3) is 4.19. The predicted molar refractivity (Wildman–Crippen MR) is 99.8 cm³/mol. The highest BCUT2D eigenvalue weighted by Crippen LogP contribution is 2.34. The van der Waals surface area contributed by atoms with Gasteiger partial charge in [0.05, 0.1) is 18.7 Å².